The van der Waals surface area contributed by atoms with Gasteiger partial charge in [-0.2, -0.15) is 5.26 Å². The Morgan fingerprint density at radius 2 is 2.22 bits per heavy atom. The lowest BCUT2D eigenvalue weighted by molar-refractivity contribution is 0.650. The van der Waals surface area contributed by atoms with E-state index in [-0.39, 0.29) is 6.15 Å². The first-order valence-corrected chi connectivity index (χ1v) is 4.15. The van der Waals surface area contributed by atoms with Crippen LogP contribution in [0.25, 0.3) is 0 Å². The molecule has 0 fully saturated rings. The molecular formula is C5H14N2OS. The Balaban J connectivity index is 0. The minimum atomic E-state index is -1.28. The fourth-order valence-electron chi connectivity index (χ4n) is 0.358. The zero-order chi connectivity index (χ0) is 6.41. The van der Waals surface area contributed by atoms with E-state index >= 15 is 0 Å². The van der Waals surface area contributed by atoms with Crippen molar-refractivity contribution >= 4 is 11.2 Å². The SMILES string of the molecule is CCCC[SH](O)C#N.N. The highest BCUT2D eigenvalue weighted by molar-refractivity contribution is 8.16. The van der Waals surface area contributed by atoms with Crippen molar-refractivity contribution in [1.29, 1.82) is 5.26 Å². The van der Waals surface area contributed by atoms with E-state index in [0.29, 0.717) is 5.75 Å². The third kappa shape index (κ3) is 7.76. The van der Waals surface area contributed by atoms with Crippen LogP contribution in [-0.4, -0.2) is 10.3 Å². The largest absolute Gasteiger partial charge is 0.344 e. The van der Waals surface area contributed by atoms with E-state index < -0.39 is 11.2 Å². The van der Waals surface area contributed by atoms with Crippen molar-refractivity contribution in [3.8, 4) is 5.40 Å². The van der Waals surface area contributed by atoms with Gasteiger partial charge in [0.1, 0.15) is 5.40 Å². The molecule has 0 aromatic rings. The predicted molar refractivity (Wildman–Crippen MR) is 42.0 cm³/mol. The Morgan fingerprint density at radius 1 is 1.67 bits per heavy atom. The van der Waals surface area contributed by atoms with Gasteiger partial charge in [0.15, 0.2) is 0 Å². The molecule has 0 spiro atoms. The zero-order valence-corrected chi connectivity index (χ0v) is 6.56. The first kappa shape index (κ1) is 11.5. The molecule has 0 saturated carbocycles. The minimum Gasteiger partial charge on any atom is -0.344 e. The van der Waals surface area contributed by atoms with Crippen molar-refractivity contribution < 1.29 is 4.55 Å². The molecule has 1 atom stereocenters. The van der Waals surface area contributed by atoms with Crippen LogP contribution in [0.15, 0.2) is 0 Å². The number of nitriles is 1. The molecule has 0 rings (SSSR count). The van der Waals surface area contributed by atoms with E-state index in [1.807, 2.05) is 12.3 Å². The van der Waals surface area contributed by atoms with E-state index in [9.17, 15) is 0 Å². The van der Waals surface area contributed by atoms with Crippen molar-refractivity contribution in [3.05, 3.63) is 0 Å². The smallest absolute Gasteiger partial charge is 0.134 e. The number of unbranched alkanes of at least 4 members (excludes halogenated alkanes) is 1. The molecule has 0 bridgehead atoms. The average molecular weight is 150 g/mol. The van der Waals surface area contributed by atoms with Gasteiger partial charge in [-0.3, -0.25) is 0 Å². The van der Waals surface area contributed by atoms with Crippen LogP contribution >= 0.6 is 11.2 Å². The Hall–Kier alpha value is -0.240. The van der Waals surface area contributed by atoms with Gasteiger partial charge < -0.3 is 10.7 Å². The number of rotatable bonds is 3. The number of thiol groups is 1. The summed E-state index contributed by atoms with van der Waals surface area (Å²) in [7, 11) is 0. The Morgan fingerprint density at radius 3 is 2.56 bits per heavy atom. The van der Waals surface area contributed by atoms with Crippen LogP contribution in [0.3, 0.4) is 0 Å². The Bertz CT molecular complexity index is 91.4. The molecule has 9 heavy (non-hydrogen) atoms. The maximum atomic E-state index is 8.69. The topological polar surface area (TPSA) is 79.0 Å². The number of nitrogens with zero attached hydrogens (tertiary/aromatic N) is 1. The maximum Gasteiger partial charge on any atom is 0.134 e. The molecule has 0 aliphatic heterocycles. The van der Waals surface area contributed by atoms with E-state index in [0.717, 1.165) is 12.8 Å². The second-order valence-corrected chi connectivity index (χ2v) is 3.02. The van der Waals surface area contributed by atoms with Crippen molar-refractivity contribution in [2.24, 2.45) is 0 Å². The molecule has 0 amide bonds. The van der Waals surface area contributed by atoms with Gasteiger partial charge in [-0.1, -0.05) is 24.5 Å². The van der Waals surface area contributed by atoms with Crippen molar-refractivity contribution in [2.45, 2.75) is 19.8 Å². The van der Waals surface area contributed by atoms with E-state index in [2.05, 4.69) is 0 Å². The summed E-state index contributed by atoms with van der Waals surface area (Å²) in [5.41, 5.74) is 0. The summed E-state index contributed by atoms with van der Waals surface area (Å²) in [6, 6.07) is 0. The average Bonchev–Trinajstić information content (AvgIpc) is 1.83. The molecule has 0 radical (unpaired) electrons. The molecule has 56 valence electrons. The fraction of sp³-hybridized carbons (Fsp3) is 0.800. The number of hydrogen-bond donors (Lipinski definition) is 3. The highest BCUT2D eigenvalue weighted by atomic mass is 32.2. The fourth-order valence-corrected chi connectivity index (χ4v) is 1.07. The van der Waals surface area contributed by atoms with Gasteiger partial charge in [-0.15, -0.1) is 0 Å². The van der Waals surface area contributed by atoms with Gasteiger partial charge in [-0.25, -0.2) is 0 Å². The molecule has 0 aliphatic rings. The lowest BCUT2D eigenvalue weighted by atomic mass is 10.4. The highest BCUT2D eigenvalue weighted by Gasteiger charge is 1.91. The second-order valence-electron chi connectivity index (χ2n) is 1.58. The van der Waals surface area contributed by atoms with Crippen molar-refractivity contribution in [1.82, 2.24) is 6.15 Å². The van der Waals surface area contributed by atoms with Gasteiger partial charge in [-0.05, 0) is 6.42 Å². The summed E-state index contributed by atoms with van der Waals surface area (Å²) >= 11 is -1.28. The summed E-state index contributed by atoms with van der Waals surface area (Å²) in [6.45, 7) is 2.04. The normalized spacial score (nSPS) is 13.2. The summed E-state index contributed by atoms with van der Waals surface area (Å²) in [5.74, 6) is 0.683. The van der Waals surface area contributed by atoms with Crippen LogP contribution in [0.1, 0.15) is 19.8 Å². The molecule has 1 unspecified atom stereocenters. The quantitative estimate of drug-likeness (QED) is 0.424. The van der Waals surface area contributed by atoms with Crippen LogP contribution in [0.5, 0.6) is 0 Å². The minimum absolute atomic E-state index is 0. The van der Waals surface area contributed by atoms with Crippen LogP contribution in [0.2, 0.25) is 0 Å². The van der Waals surface area contributed by atoms with Crippen LogP contribution < -0.4 is 6.15 Å². The highest BCUT2D eigenvalue weighted by Crippen LogP contribution is 2.17. The van der Waals surface area contributed by atoms with Gasteiger partial charge in [0, 0.05) is 5.75 Å². The van der Waals surface area contributed by atoms with Gasteiger partial charge in [0.25, 0.3) is 0 Å². The van der Waals surface area contributed by atoms with E-state index in [1.54, 1.807) is 0 Å². The molecule has 4 heteroatoms. The standard InChI is InChI=1S/C5H11NOS.H3N/c1-2-3-4-8(7)5-6;/h7-8H,2-4H2,1H3;1H3. The van der Waals surface area contributed by atoms with Gasteiger partial charge in [0.2, 0.25) is 0 Å². The molecule has 0 heterocycles. The zero-order valence-electron chi connectivity index (χ0n) is 5.67. The van der Waals surface area contributed by atoms with Crippen LogP contribution in [0, 0.1) is 10.7 Å². The summed E-state index contributed by atoms with van der Waals surface area (Å²) < 4.78 is 8.69. The third-order valence-corrected chi connectivity index (χ3v) is 1.81. The molecule has 0 aromatic heterocycles. The van der Waals surface area contributed by atoms with Crippen LogP contribution in [-0.2, 0) is 0 Å². The lowest BCUT2D eigenvalue weighted by Crippen LogP contribution is -1.82. The molecule has 0 saturated heterocycles. The van der Waals surface area contributed by atoms with Crippen LogP contribution in [0.4, 0.5) is 0 Å². The van der Waals surface area contributed by atoms with Gasteiger partial charge >= 0.3 is 0 Å². The van der Waals surface area contributed by atoms with E-state index in [4.69, 9.17) is 9.81 Å². The Kier molecular flexibility index (Phi) is 9.95. The number of hydrogen-bond acceptors (Lipinski definition) is 3. The third-order valence-electron chi connectivity index (χ3n) is 0.839. The Labute approximate surface area is 58.8 Å². The second kappa shape index (κ2) is 7.76. The molecule has 3 nitrogen and oxygen atoms in total. The summed E-state index contributed by atoms with van der Waals surface area (Å²) in [6.07, 6.45) is 2.02. The molecule has 0 aromatic carbocycles. The molecule has 4 N–H and O–H groups in total. The molecule has 0 aliphatic carbocycles. The monoisotopic (exact) mass is 150 g/mol. The molecular weight excluding hydrogens is 136 g/mol. The van der Waals surface area contributed by atoms with Crippen molar-refractivity contribution in [2.75, 3.05) is 5.75 Å². The predicted octanol–water partition coefficient (Wildman–Crippen LogP) is 1.90. The maximum absolute atomic E-state index is 8.69. The van der Waals surface area contributed by atoms with E-state index in [1.165, 1.54) is 0 Å². The summed E-state index contributed by atoms with van der Waals surface area (Å²) in [4.78, 5) is 0. The summed E-state index contributed by atoms with van der Waals surface area (Å²) in [5, 5.41) is 9.91. The first-order chi connectivity index (χ1) is 3.81. The number of thiocyanates is 1. The first-order valence-electron chi connectivity index (χ1n) is 2.67. The van der Waals surface area contributed by atoms with Crippen molar-refractivity contribution in [3.63, 3.8) is 0 Å². The van der Waals surface area contributed by atoms with Gasteiger partial charge in [0.05, 0.1) is 0 Å². The lowest BCUT2D eigenvalue weighted by Gasteiger charge is -2.00.